The Morgan fingerprint density at radius 2 is 2.00 bits per heavy atom. The molecule has 0 bridgehead atoms. The van der Waals surface area contributed by atoms with Crippen LogP contribution in [0, 0.1) is 12.7 Å². The van der Waals surface area contributed by atoms with Gasteiger partial charge in [0.15, 0.2) is 11.5 Å². The third kappa shape index (κ3) is 3.12. The highest BCUT2D eigenvalue weighted by atomic mass is 19.1. The van der Waals surface area contributed by atoms with Gasteiger partial charge in [0.25, 0.3) is 5.91 Å². The maximum Gasteiger partial charge on any atom is 0.276 e. The van der Waals surface area contributed by atoms with E-state index < -0.39 is 0 Å². The van der Waals surface area contributed by atoms with Crippen LogP contribution in [-0.2, 0) is 0 Å². The van der Waals surface area contributed by atoms with Crippen LogP contribution in [0.1, 0.15) is 40.5 Å². The average molecular weight is 350 g/mol. The Hall–Kier alpha value is -2.95. The average Bonchev–Trinajstić information content (AvgIpc) is 3.32. The predicted octanol–water partition coefficient (Wildman–Crippen LogP) is 4.77. The minimum Gasteiger partial charge on any atom is -0.355 e. The standard InChI is InChI=1S/C21H19FN2O2/c1-14-4-2-5-16(12-14)19-6-3-11-24(19)21(25)18-13-20(26-23-18)15-7-9-17(22)10-8-15/h2,4-5,7-10,12-13,19H,3,6,11H2,1H3/t19-/m0/s1. The van der Waals surface area contributed by atoms with Gasteiger partial charge >= 0.3 is 0 Å². The van der Waals surface area contributed by atoms with E-state index in [1.165, 1.54) is 17.7 Å². The number of hydrogen-bond acceptors (Lipinski definition) is 3. The van der Waals surface area contributed by atoms with Gasteiger partial charge in [-0.15, -0.1) is 0 Å². The van der Waals surface area contributed by atoms with Gasteiger partial charge in [0.1, 0.15) is 5.82 Å². The Balaban J connectivity index is 1.58. The summed E-state index contributed by atoms with van der Waals surface area (Å²) in [6, 6.07) is 15.9. The molecule has 1 atom stereocenters. The third-order valence-corrected chi connectivity index (χ3v) is 4.80. The summed E-state index contributed by atoms with van der Waals surface area (Å²) in [5.74, 6) is 0.00778. The number of benzene rings is 2. The molecule has 0 spiro atoms. The third-order valence-electron chi connectivity index (χ3n) is 4.80. The Labute approximate surface area is 151 Å². The van der Waals surface area contributed by atoms with Crippen molar-refractivity contribution in [3.05, 3.63) is 77.2 Å². The fourth-order valence-corrected chi connectivity index (χ4v) is 3.51. The van der Waals surface area contributed by atoms with E-state index in [-0.39, 0.29) is 23.5 Å². The molecule has 1 aliphatic heterocycles. The fourth-order valence-electron chi connectivity index (χ4n) is 3.51. The molecule has 0 unspecified atom stereocenters. The smallest absolute Gasteiger partial charge is 0.276 e. The highest BCUT2D eigenvalue weighted by molar-refractivity contribution is 5.93. The number of rotatable bonds is 3. The van der Waals surface area contributed by atoms with Crippen molar-refractivity contribution in [3.8, 4) is 11.3 Å². The predicted molar refractivity (Wildman–Crippen MR) is 96.1 cm³/mol. The molecule has 1 aromatic heterocycles. The molecule has 0 radical (unpaired) electrons. The van der Waals surface area contributed by atoms with Crippen LogP contribution in [0.4, 0.5) is 4.39 Å². The summed E-state index contributed by atoms with van der Waals surface area (Å²) in [6.07, 6.45) is 1.91. The number of aryl methyl sites for hydroxylation is 1. The van der Waals surface area contributed by atoms with E-state index in [4.69, 9.17) is 4.52 Å². The maximum absolute atomic E-state index is 13.1. The SMILES string of the molecule is Cc1cccc([C@@H]2CCCN2C(=O)c2cc(-c3ccc(F)cc3)on2)c1. The molecule has 0 aliphatic carbocycles. The Morgan fingerprint density at radius 1 is 1.19 bits per heavy atom. The van der Waals surface area contributed by atoms with Crippen molar-refractivity contribution in [2.75, 3.05) is 6.54 Å². The highest BCUT2D eigenvalue weighted by Crippen LogP contribution is 2.33. The Bertz CT molecular complexity index is 933. The summed E-state index contributed by atoms with van der Waals surface area (Å²) in [4.78, 5) is 14.8. The summed E-state index contributed by atoms with van der Waals surface area (Å²) < 4.78 is 18.4. The van der Waals surface area contributed by atoms with E-state index in [0.29, 0.717) is 17.9 Å². The van der Waals surface area contributed by atoms with Crippen molar-refractivity contribution in [1.29, 1.82) is 0 Å². The van der Waals surface area contributed by atoms with Gasteiger partial charge in [-0.1, -0.05) is 35.0 Å². The highest BCUT2D eigenvalue weighted by Gasteiger charge is 2.32. The molecule has 2 heterocycles. The van der Waals surface area contributed by atoms with Gasteiger partial charge in [0.05, 0.1) is 6.04 Å². The van der Waals surface area contributed by atoms with Crippen LogP contribution >= 0.6 is 0 Å². The number of aromatic nitrogens is 1. The van der Waals surface area contributed by atoms with Gasteiger partial charge in [0.2, 0.25) is 0 Å². The molecule has 2 aromatic carbocycles. The second kappa shape index (κ2) is 6.75. The van der Waals surface area contributed by atoms with Gasteiger partial charge in [-0.2, -0.15) is 0 Å². The lowest BCUT2D eigenvalue weighted by molar-refractivity contribution is 0.0725. The molecule has 132 valence electrons. The largest absolute Gasteiger partial charge is 0.355 e. The van der Waals surface area contributed by atoms with Gasteiger partial charge in [-0.05, 0) is 49.6 Å². The van der Waals surface area contributed by atoms with E-state index in [9.17, 15) is 9.18 Å². The van der Waals surface area contributed by atoms with Crippen LogP contribution < -0.4 is 0 Å². The van der Waals surface area contributed by atoms with Gasteiger partial charge in [-0.25, -0.2) is 4.39 Å². The molecule has 1 saturated heterocycles. The Morgan fingerprint density at radius 3 is 2.77 bits per heavy atom. The molecular weight excluding hydrogens is 331 g/mol. The van der Waals surface area contributed by atoms with E-state index in [1.54, 1.807) is 18.2 Å². The maximum atomic E-state index is 13.1. The van der Waals surface area contributed by atoms with Crippen molar-refractivity contribution in [2.45, 2.75) is 25.8 Å². The number of likely N-dealkylation sites (tertiary alicyclic amines) is 1. The number of halogens is 1. The first kappa shape index (κ1) is 16.5. The summed E-state index contributed by atoms with van der Waals surface area (Å²) in [6.45, 7) is 2.76. The number of carbonyl (C=O) groups excluding carboxylic acids is 1. The van der Waals surface area contributed by atoms with Crippen molar-refractivity contribution in [3.63, 3.8) is 0 Å². The summed E-state index contributed by atoms with van der Waals surface area (Å²) in [5.41, 5.74) is 3.30. The second-order valence-corrected chi connectivity index (χ2v) is 6.65. The minimum atomic E-state index is -0.317. The first-order valence-corrected chi connectivity index (χ1v) is 8.72. The fraction of sp³-hybridized carbons (Fsp3) is 0.238. The number of hydrogen-bond donors (Lipinski definition) is 0. The summed E-state index contributed by atoms with van der Waals surface area (Å²) >= 11 is 0. The van der Waals surface area contributed by atoms with Gasteiger partial charge < -0.3 is 9.42 Å². The van der Waals surface area contributed by atoms with Gasteiger partial charge in [-0.3, -0.25) is 4.79 Å². The second-order valence-electron chi connectivity index (χ2n) is 6.65. The minimum absolute atomic E-state index is 0.0633. The lowest BCUT2D eigenvalue weighted by Gasteiger charge is -2.24. The first-order chi connectivity index (χ1) is 12.6. The molecule has 1 amide bonds. The zero-order valence-electron chi connectivity index (χ0n) is 14.5. The molecule has 5 heteroatoms. The first-order valence-electron chi connectivity index (χ1n) is 8.72. The lowest BCUT2D eigenvalue weighted by atomic mass is 10.0. The zero-order chi connectivity index (χ0) is 18.1. The van der Waals surface area contributed by atoms with Crippen LogP contribution in [-0.4, -0.2) is 22.5 Å². The van der Waals surface area contributed by atoms with E-state index in [1.807, 2.05) is 11.0 Å². The molecule has 3 aromatic rings. The van der Waals surface area contributed by atoms with Crippen molar-refractivity contribution < 1.29 is 13.7 Å². The normalized spacial score (nSPS) is 16.8. The lowest BCUT2D eigenvalue weighted by Crippen LogP contribution is -2.30. The summed E-state index contributed by atoms with van der Waals surface area (Å²) in [7, 11) is 0. The number of nitrogens with zero attached hydrogens (tertiary/aromatic N) is 2. The monoisotopic (exact) mass is 350 g/mol. The molecule has 0 N–H and O–H groups in total. The number of carbonyl (C=O) groups is 1. The summed E-state index contributed by atoms with van der Waals surface area (Å²) in [5, 5.41) is 3.95. The molecular formula is C21H19FN2O2. The van der Waals surface area contributed by atoms with Crippen molar-refractivity contribution in [2.24, 2.45) is 0 Å². The molecule has 4 rings (SSSR count). The van der Waals surface area contributed by atoms with Crippen LogP contribution in [0.5, 0.6) is 0 Å². The van der Waals surface area contributed by atoms with Gasteiger partial charge in [0, 0.05) is 18.2 Å². The van der Waals surface area contributed by atoms with Crippen LogP contribution in [0.15, 0.2) is 59.1 Å². The number of amides is 1. The molecule has 1 aliphatic rings. The quantitative estimate of drug-likeness (QED) is 0.684. The van der Waals surface area contributed by atoms with Crippen LogP contribution in [0.25, 0.3) is 11.3 Å². The molecule has 4 nitrogen and oxygen atoms in total. The van der Waals surface area contributed by atoms with Crippen molar-refractivity contribution >= 4 is 5.91 Å². The van der Waals surface area contributed by atoms with E-state index in [2.05, 4.69) is 30.3 Å². The van der Waals surface area contributed by atoms with Crippen LogP contribution in [0.2, 0.25) is 0 Å². The molecule has 1 fully saturated rings. The Kier molecular flexibility index (Phi) is 4.29. The molecule has 26 heavy (non-hydrogen) atoms. The topological polar surface area (TPSA) is 46.3 Å². The zero-order valence-corrected chi connectivity index (χ0v) is 14.5. The van der Waals surface area contributed by atoms with Crippen LogP contribution in [0.3, 0.4) is 0 Å². The molecule has 0 saturated carbocycles. The van der Waals surface area contributed by atoms with E-state index >= 15 is 0 Å². The van der Waals surface area contributed by atoms with E-state index in [0.717, 1.165) is 18.4 Å². The van der Waals surface area contributed by atoms with Crippen molar-refractivity contribution in [1.82, 2.24) is 10.1 Å².